The van der Waals surface area contributed by atoms with Crippen LogP contribution in [-0.2, 0) is 9.05 Å². The second-order valence-electron chi connectivity index (χ2n) is 2.90. The Morgan fingerprint density at radius 3 is 2.67 bits per heavy atom. The first-order valence-electron chi connectivity index (χ1n) is 3.90. The number of benzene rings is 1. The highest BCUT2D eigenvalue weighted by molar-refractivity contribution is 8.14. The lowest BCUT2D eigenvalue weighted by molar-refractivity contribution is 0.552. The highest BCUT2D eigenvalue weighted by Crippen LogP contribution is 2.32. The first-order valence-corrected chi connectivity index (χ1v) is 6.58. The van der Waals surface area contributed by atoms with E-state index in [9.17, 15) is 8.42 Å². The van der Waals surface area contributed by atoms with Gasteiger partial charge < -0.3 is 4.42 Å². The number of aromatic nitrogens is 1. The van der Waals surface area contributed by atoms with Gasteiger partial charge in [-0.05, 0) is 12.1 Å². The number of halogens is 2. The minimum Gasteiger partial charge on any atom is -0.440 e. The Morgan fingerprint density at radius 1 is 1.40 bits per heavy atom. The van der Waals surface area contributed by atoms with Crippen LogP contribution in [0.2, 0.25) is 5.02 Å². The molecule has 0 saturated carbocycles. The predicted molar refractivity (Wildman–Crippen MR) is 56.8 cm³/mol. The summed E-state index contributed by atoms with van der Waals surface area (Å²) in [6, 6.07) is 2.99. The molecule has 0 aliphatic heterocycles. The van der Waals surface area contributed by atoms with Gasteiger partial charge in [0.25, 0.3) is 9.05 Å². The molecule has 15 heavy (non-hydrogen) atoms. The van der Waals surface area contributed by atoms with Crippen LogP contribution in [0.3, 0.4) is 0 Å². The smallest absolute Gasteiger partial charge is 0.266 e. The van der Waals surface area contributed by atoms with Gasteiger partial charge in [-0.1, -0.05) is 11.6 Å². The highest BCUT2D eigenvalue weighted by atomic mass is 35.7. The number of nitrogens with zero attached hydrogens (tertiary/aromatic N) is 1. The maximum absolute atomic E-state index is 11.3. The lowest BCUT2D eigenvalue weighted by atomic mass is 10.3. The Labute approximate surface area is 95.2 Å². The summed E-state index contributed by atoms with van der Waals surface area (Å²) in [5.74, 6) is 0.355. The van der Waals surface area contributed by atoms with Crippen LogP contribution < -0.4 is 0 Å². The Bertz CT molecular complexity index is 633. The van der Waals surface area contributed by atoms with E-state index in [2.05, 4.69) is 4.98 Å². The van der Waals surface area contributed by atoms with E-state index in [1.165, 1.54) is 6.07 Å². The average molecular weight is 266 g/mol. The van der Waals surface area contributed by atoms with Gasteiger partial charge in [-0.3, -0.25) is 0 Å². The van der Waals surface area contributed by atoms with E-state index in [-0.39, 0.29) is 15.5 Å². The van der Waals surface area contributed by atoms with Crippen molar-refractivity contribution >= 4 is 42.4 Å². The van der Waals surface area contributed by atoms with E-state index in [1.54, 1.807) is 13.0 Å². The molecule has 0 N–H and O–H groups in total. The molecule has 1 aromatic heterocycles. The van der Waals surface area contributed by atoms with Crippen molar-refractivity contribution < 1.29 is 12.8 Å². The summed E-state index contributed by atoms with van der Waals surface area (Å²) in [6.07, 6.45) is 0. The summed E-state index contributed by atoms with van der Waals surface area (Å²) in [7, 11) is 1.31. The van der Waals surface area contributed by atoms with Crippen molar-refractivity contribution in [1.29, 1.82) is 0 Å². The molecule has 0 spiro atoms. The number of hydrogen-bond acceptors (Lipinski definition) is 4. The molecule has 0 aliphatic rings. The van der Waals surface area contributed by atoms with E-state index in [4.69, 9.17) is 26.7 Å². The SMILES string of the molecule is Cc1nc2ccc(Cl)c(S(=O)(=O)Cl)c2o1. The molecule has 7 heteroatoms. The van der Waals surface area contributed by atoms with Crippen LogP contribution in [0.5, 0.6) is 0 Å². The van der Waals surface area contributed by atoms with Crippen molar-refractivity contribution in [2.45, 2.75) is 11.8 Å². The lowest BCUT2D eigenvalue weighted by Gasteiger charge is -1.98. The summed E-state index contributed by atoms with van der Waals surface area (Å²) in [5, 5.41) is 0.0219. The second kappa shape index (κ2) is 3.37. The zero-order valence-electron chi connectivity index (χ0n) is 7.49. The average Bonchev–Trinajstić information content (AvgIpc) is 2.41. The van der Waals surface area contributed by atoms with Gasteiger partial charge in [0.1, 0.15) is 10.4 Å². The second-order valence-corrected chi connectivity index (χ2v) is 5.81. The normalized spacial score (nSPS) is 12.2. The minimum atomic E-state index is -3.94. The third-order valence-corrected chi connectivity index (χ3v) is 3.60. The number of hydrogen-bond donors (Lipinski definition) is 0. The van der Waals surface area contributed by atoms with Crippen LogP contribution >= 0.6 is 22.3 Å². The largest absolute Gasteiger partial charge is 0.440 e. The number of oxazole rings is 1. The van der Waals surface area contributed by atoms with E-state index >= 15 is 0 Å². The van der Waals surface area contributed by atoms with E-state index in [0.29, 0.717) is 11.4 Å². The molecule has 1 aromatic carbocycles. The van der Waals surface area contributed by atoms with Crippen LogP contribution in [0.1, 0.15) is 5.89 Å². The molecule has 0 fully saturated rings. The van der Waals surface area contributed by atoms with Crippen molar-refractivity contribution in [1.82, 2.24) is 4.98 Å². The molecule has 0 unspecified atom stereocenters. The van der Waals surface area contributed by atoms with Gasteiger partial charge in [0.05, 0.1) is 5.02 Å². The first-order chi connectivity index (χ1) is 6.89. The van der Waals surface area contributed by atoms with Crippen molar-refractivity contribution in [3.63, 3.8) is 0 Å². The van der Waals surface area contributed by atoms with Crippen LogP contribution in [0, 0.1) is 6.92 Å². The van der Waals surface area contributed by atoms with Gasteiger partial charge in [-0.2, -0.15) is 0 Å². The fourth-order valence-corrected chi connectivity index (χ4v) is 2.98. The zero-order valence-corrected chi connectivity index (χ0v) is 9.82. The summed E-state index contributed by atoms with van der Waals surface area (Å²) >= 11 is 5.75. The van der Waals surface area contributed by atoms with E-state index < -0.39 is 9.05 Å². The molecule has 0 radical (unpaired) electrons. The van der Waals surface area contributed by atoms with E-state index in [0.717, 1.165) is 0 Å². The van der Waals surface area contributed by atoms with Gasteiger partial charge in [-0.15, -0.1) is 0 Å². The number of fused-ring (bicyclic) bond motifs is 1. The molecule has 0 aliphatic carbocycles. The summed E-state index contributed by atoms with van der Waals surface area (Å²) in [4.78, 5) is 3.75. The Kier molecular flexibility index (Phi) is 2.41. The third kappa shape index (κ3) is 1.82. The standard InChI is InChI=1S/C8H5Cl2NO3S/c1-4-11-6-3-2-5(9)8(7(6)14-4)15(10,12)13/h2-3H,1H3. The molecule has 2 aromatic rings. The van der Waals surface area contributed by atoms with Gasteiger partial charge in [0.15, 0.2) is 11.5 Å². The molecule has 80 valence electrons. The quantitative estimate of drug-likeness (QED) is 0.744. The molecule has 0 saturated heterocycles. The van der Waals surface area contributed by atoms with Crippen LogP contribution in [0.4, 0.5) is 0 Å². The molecular weight excluding hydrogens is 261 g/mol. The highest BCUT2D eigenvalue weighted by Gasteiger charge is 2.22. The van der Waals surface area contributed by atoms with Crippen molar-refractivity contribution in [2.24, 2.45) is 0 Å². The molecule has 2 rings (SSSR count). The zero-order chi connectivity index (χ0) is 11.2. The maximum atomic E-state index is 11.3. The van der Waals surface area contributed by atoms with E-state index in [1.807, 2.05) is 0 Å². The summed E-state index contributed by atoms with van der Waals surface area (Å²) in [5.41, 5.74) is 0.506. The molecule has 0 atom stereocenters. The van der Waals surface area contributed by atoms with Gasteiger partial charge in [0.2, 0.25) is 0 Å². The predicted octanol–water partition coefficient (Wildman–Crippen LogP) is 2.72. The molecule has 4 nitrogen and oxygen atoms in total. The summed E-state index contributed by atoms with van der Waals surface area (Å²) in [6.45, 7) is 1.61. The van der Waals surface area contributed by atoms with Gasteiger partial charge in [0, 0.05) is 17.6 Å². The lowest BCUT2D eigenvalue weighted by Crippen LogP contribution is -1.92. The number of rotatable bonds is 1. The molecule has 1 heterocycles. The van der Waals surface area contributed by atoms with Gasteiger partial charge >= 0.3 is 0 Å². The van der Waals surface area contributed by atoms with Crippen LogP contribution in [0.15, 0.2) is 21.4 Å². The van der Waals surface area contributed by atoms with Crippen LogP contribution in [0.25, 0.3) is 11.1 Å². The fraction of sp³-hybridized carbons (Fsp3) is 0.125. The Balaban J connectivity index is 2.98. The van der Waals surface area contributed by atoms with Gasteiger partial charge in [-0.25, -0.2) is 13.4 Å². The Morgan fingerprint density at radius 2 is 2.07 bits per heavy atom. The van der Waals surface area contributed by atoms with Crippen LogP contribution in [-0.4, -0.2) is 13.4 Å². The first kappa shape index (κ1) is 10.7. The number of aryl methyl sites for hydroxylation is 1. The molecular formula is C8H5Cl2NO3S. The van der Waals surface area contributed by atoms with Crippen molar-refractivity contribution in [2.75, 3.05) is 0 Å². The Hall–Kier alpha value is -0.780. The molecule has 0 amide bonds. The molecule has 0 bridgehead atoms. The third-order valence-electron chi connectivity index (χ3n) is 1.81. The maximum Gasteiger partial charge on any atom is 0.266 e. The topological polar surface area (TPSA) is 60.2 Å². The monoisotopic (exact) mass is 265 g/mol. The summed E-state index contributed by atoms with van der Waals surface area (Å²) < 4.78 is 27.7. The minimum absolute atomic E-state index is 0.0219. The fourth-order valence-electron chi connectivity index (χ4n) is 1.28. The van der Waals surface area contributed by atoms with Crippen molar-refractivity contribution in [3.05, 3.63) is 23.0 Å². The van der Waals surface area contributed by atoms with Crippen molar-refractivity contribution in [3.8, 4) is 0 Å².